The molecule has 0 radical (unpaired) electrons. The standard InChI is InChI=1S/C27H29N3O4/c31-26(29-24-8-6-22(7-9-24)27(32)30-15-18-33-19-16-30)20-28-23-10-12-25(13-11-23)34-17-14-21-4-2-1-3-5-21/h1-13,28H,14-20H2,(H,29,31). The van der Waals surface area contributed by atoms with Crippen molar-refractivity contribution in [3.8, 4) is 5.75 Å². The predicted molar refractivity (Wildman–Crippen MR) is 132 cm³/mol. The fourth-order valence-electron chi connectivity index (χ4n) is 3.63. The molecule has 3 aromatic rings. The van der Waals surface area contributed by atoms with Gasteiger partial charge in [-0.05, 0) is 54.1 Å². The zero-order chi connectivity index (χ0) is 23.6. The number of amides is 2. The van der Waals surface area contributed by atoms with Gasteiger partial charge in [0.2, 0.25) is 5.91 Å². The van der Waals surface area contributed by atoms with E-state index < -0.39 is 0 Å². The van der Waals surface area contributed by atoms with Gasteiger partial charge >= 0.3 is 0 Å². The normalized spacial score (nSPS) is 13.2. The van der Waals surface area contributed by atoms with Gasteiger partial charge in [0.25, 0.3) is 5.91 Å². The van der Waals surface area contributed by atoms with Crippen LogP contribution in [0.15, 0.2) is 78.9 Å². The Morgan fingerprint density at radius 3 is 2.24 bits per heavy atom. The van der Waals surface area contributed by atoms with Gasteiger partial charge in [-0.25, -0.2) is 0 Å². The summed E-state index contributed by atoms with van der Waals surface area (Å²) in [4.78, 5) is 26.6. The zero-order valence-electron chi connectivity index (χ0n) is 19.0. The minimum atomic E-state index is -0.171. The van der Waals surface area contributed by atoms with E-state index in [0.29, 0.717) is 44.2 Å². The summed E-state index contributed by atoms with van der Waals surface area (Å²) in [6.07, 6.45) is 0.851. The fourth-order valence-corrected chi connectivity index (χ4v) is 3.63. The lowest BCUT2D eigenvalue weighted by Gasteiger charge is -2.26. The molecule has 34 heavy (non-hydrogen) atoms. The van der Waals surface area contributed by atoms with Crippen molar-refractivity contribution in [1.82, 2.24) is 4.90 Å². The van der Waals surface area contributed by atoms with Gasteiger partial charge in [0, 0.05) is 36.4 Å². The van der Waals surface area contributed by atoms with Gasteiger partial charge in [-0.1, -0.05) is 30.3 Å². The Kier molecular flexibility index (Phi) is 8.13. The molecule has 0 aliphatic carbocycles. The van der Waals surface area contributed by atoms with Gasteiger partial charge in [-0.2, -0.15) is 0 Å². The van der Waals surface area contributed by atoms with Gasteiger partial charge in [-0.3, -0.25) is 9.59 Å². The number of ether oxygens (including phenoxy) is 2. The lowest BCUT2D eigenvalue weighted by atomic mass is 10.1. The Labute approximate surface area is 199 Å². The number of nitrogens with one attached hydrogen (secondary N) is 2. The lowest BCUT2D eigenvalue weighted by Crippen LogP contribution is -2.40. The maximum Gasteiger partial charge on any atom is 0.254 e. The summed E-state index contributed by atoms with van der Waals surface area (Å²) in [5, 5.41) is 5.95. The Bertz CT molecular complexity index is 1060. The summed E-state index contributed by atoms with van der Waals surface area (Å²) < 4.78 is 11.1. The largest absolute Gasteiger partial charge is 0.493 e. The average Bonchev–Trinajstić information content (AvgIpc) is 2.89. The molecule has 7 nitrogen and oxygen atoms in total. The van der Waals surface area contributed by atoms with Crippen molar-refractivity contribution in [1.29, 1.82) is 0 Å². The first-order chi connectivity index (χ1) is 16.7. The van der Waals surface area contributed by atoms with Gasteiger partial charge in [-0.15, -0.1) is 0 Å². The van der Waals surface area contributed by atoms with Crippen molar-refractivity contribution < 1.29 is 19.1 Å². The molecule has 1 heterocycles. The molecule has 2 amide bonds. The molecule has 2 N–H and O–H groups in total. The number of anilines is 2. The summed E-state index contributed by atoms with van der Waals surface area (Å²) in [5.74, 6) is 0.600. The van der Waals surface area contributed by atoms with Crippen molar-refractivity contribution >= 4 is 23.2 Å². The van der Waals surface area contributed by atoms with Gasteiger partial charge < -0.3 is 25.0 Å². The first kappa shape index (κ1) is 23.3. The highest BCUT2D eigenvalue weighted by molar-refractivity contribution is 5.96. The summed E-state index contributed by atoms with van der Waals surface area (Å²) in [6, 6.07) is 24.7. The van der Waals surface area contributed by atoms with Crippen LogP contribution in [0.1, 0.15) is 15.9 Å². The van der Waals surface area contributed by atoms with Gasteiger partial charge in [0.1, 0.15) is 5.75 Å². The number of benzene rings is 3. The first-order valence-corrected chi connectivity index (χ1v) is 11.4. The maximum atomic E-state index is 12.5. The van der Waals surface area contributed by atoms with Gasteiger partial charge in [0.15, 0.2) is 0 Å². The quantitative estimate of drug-likeness (QED) is 0.508. The third-order valence-electron chi connectivity index (χ3n) is 5.52. The molecule has 1 fully saturated rings. The van der Waals surface area contributed by atoms with E-state index >= 15 is 0 Å². The summed E-state index contributed by atoms with van der Waals surface area (Å²) in [7, 11) is 0. The Morgan fingerprint density at radius 1 is 0.853 bits per heavy atom. The molecule has 0 saturated carbocycles. The van der Waals surface area contributed by atoms with Crippen LogP contribution in [0.4, 0.5) is 11.4 Å². The van der Waals surface area contributed by atoms with Crippen molar-refractivity contribution in [2.75, 3.05) is 50.1 Å². The molecular formula is C27H29N3O4. The van der Waals surface area contributed by atoms with Crippen molar-refractivity contribution in [3.05, 3.63) is 90.0 Å². The van der Waals surface area contributed by atoms with E-state index in [1.807, 2.05) is 42.5 Å². The van der Waals surface area contributed by atoms with E-state index in [1.54, 1.807) is 29.2 Å². The maximum absolute atomic E-state index is 12.5. The second kappa shape index (κ2) is 11.9. The van der Waals surface area contributed by atoms with Crippen LogP contribution in [-0.4, -0.2) is 56.2 Å². The third kappa shape index (κ3) is 6.83. The number of hydrogen-bond donors (Lipinski definition) is 2. The van der Waals surface area contributed by atoms with E-state index in [0.717, 1.165) is 17.9 Å². The fraction of sp³-hybridized carbons (Fsp3) is 0.259. The molecule has 176 valence electrons. The number of rotatable bonds is 9. The third-order valence-corrected chi connectivity index (χ3v) is 5.52. The van der Waals surface area contributed by atoms with Crippen LogP contribution in [0, 0.1) is 0 Å². The van der Waals surface area contributed by atoms with Crippen LogP contribution < -0.4 is 15.4 Å². The van der Waals surface area contributed by atoms with Crippen LogP contribution in [-0.2, 0) is 16.0 Å². The van der Waals surface area contributed by atoms with Crippen LogP contribution in [0.5, 0.6) is 5.75 Å². The summed E-state index contributed by atoms with van der Waals surface area (Å²) >= 11 is 0. The number of nitrogens with zero attached hydrogens (tertiary/aromatic N) is 1. The molecular weight excluding hydrogens is 430 g/mol. The Hall–Kier alpha value is -3.84. The lowest BCUT2D eigenvalue weighted by molar-refractivity contribution is -0.114. The van der Waals surface area contributed by atoms with E-state index in [9.17, 15) is 9.59 Å². The minimum absolute atomic E-state index is 0.0182. The Balaban J connectivity index is 1.19. The molecule has 0 spiro atoms. The van der Waals surface area contributed by atoms with Gasteiger partial charge in [0.05, 0.1) is 26.4 Å². The average molecular weight is 460 g/mol. The highest BCUT2D eigenvalue weighted by Gasteiger charge is 2.18. The molecule has 0 atom stereocenters. The second-order valence-electron chi connectivity index (χ2n) is 7.99. The molecule has 7 heteroatoms. The van der Waals surface area contributed by atoms with Crippen LogP contribution in [0.25, 0.3) is 0 Å². The molecule has 1 aliphatic heterocycles. The second-order valence-corrected chi connectivity index (χ2v) is 7.99. The van der Waals surface area contributed by atoms with E-state index in [4.69, 9.17) is 9.47 Å². The molecule has 1 saturated heterocycles. The van der Waals surface area contributed by atoms with Crippen LogP contribution in [0.2, 0.25) is 0 Å². The number of carbonyl (C=O) groups is 2. The topological polar surface area (TPSA) is 79.9 Å². The van der Waals surface area contributed by atoms with Crippen molar-refractivity contribution in [2.45, 2.75) is 6.42 Å². The summed E-state index contributed by atoms with van der Waals surface area (Å²) in [6.45, 7) is 3.07. The van der Waals surface area contributed by atoms with Crippen molar-refractivity contribution in [3.63, 3.8) is 0 Å². The van der Waals surface area contributed by atoms with Crippen LogP contribution >= 0.6 is 0 Å². The molecule has 1 aliphatic rings. The molecule has 3 aromatic carbocycles. The molecule has 0 bridgehead atoms. The van der Waals surface area contributed by atoms with Crippen molar-refractivity contribution in [2.24, 2.45) is 0 Å². The van der Waals surface area contributed by atoms with Crippen LogP contribution in [0.3, 0.4) is 0 Å². The Morgan fingerprint density at radius 2 is 1.53 bits per heavy atom. The predicted octanol–water partition coefficient (Wildman–Crippen LogP) is 3.83. The first-order valence-electron chi connectivity index (χ1n) is 11.4. The molecule has 0 unspecified atom stereocenters. The molecule has 0 aromatic heterocycles. The highest BCUT2D eigenvalue weighted by Crippen LogP contribution is 2.17. The van der Waals surface area contributed by atoms with E-state index in [-0.39, 0.29) is 18.4 Å². The number of carbonyl (C=O) groups excluding carboxylic acids is 2. The molecule has 4 rings (SSSR count). The monoisotopic (exact) mass is 459 g/mol. The SMILES string of the molecule is O=C(CNc1ccc(OCCc2ccccc2)cc1)Nc1ccc(C(=O)N2CCOCC2)cc1. The zero-order valence-corrected chi connectivity index (χ0v) is 19.0. The highest BCUT2D eigenvalue weighted by atomic mass is 16.5. The van der Waals surface area contributed by atoms with E-state index in [1.165, 1.54) is 5.56 Å². The summed E-state index contributed by atoms with van der Waals surface area (Å²) in [5.41, 5.74) is 3.32. The number of hydrogen-bond acceptors (Lipinski definition) is 5. The van der Waals surface area contributed by atoms with E-state index in [2.05, 4.69) is 22.8 Å². The smallest absolute Gasteiger partial charge is 0.254 e. The number of morpholine rings is 1. The minimum Gasteiger partial charge on any atom is -0.493 e.